The van der Waals surface area contributed by atoms with E-state index in [0.29, 0.717) is 28.6 Å². The van der Waals surface area contributed by atoms with E-state index in [0.717, 1.165) is 34.8 Å². The first-order chi connectivity index (χ1) is 14.0. The van der Waals surface area contributed by atoms with Crippen LogP contribution >= 0.6 is 23.1 Å². The number of carbonyl (C=O) groups excluding carboxylic acids is 1. The normalized spacial score (nSPS) is 16.1. The molecule has 0 bridgehead atoms. The topological polar surface area (TPSA) is 97.2 Å². The molecule has 2 aromatic heterocycles. The number of ether oxygens (including phenoxy) is 1. The molecule has 9 heteroatoms. The Morgan fingerprint density at radius 3 is 2.90 bits per heavy atom. The molecular formula is C20H22N4O3S2. The predicted molar refractivity (Wildman–Crippen MR) is 114 cm³/mol. The maximum atomic E-state index is 12.8. The minimum atomic E-state index is -0.932. The fraction of sp³-hybridized carbons (Fsp3) is 0.400. The Kier molecular flexibility index (Phi) is 5.82. The van der Waals surface area contributed by atoms with Gasteiger partial charge in [0.1, 0.15) is 27.2 Å². The summed E-state index contributed by atoms with van der Waals surface area (Å²) >= 11 is 2.67. The lowest BCUT2D eigenvalue weighted by atomic mass is 9.93. The van der Waals surface area contributed by atoms with E-state index in [2.05, 4.69) is 20.3 Å². The molecule has 1 fully saturated rings. The van der Waals surface area contributed by atoms with Crippen LogP contribution in [-0.4, -0.2) is 51.8 Å². The number of ketones is 1. The van der Waals surface area contributed by atoms with E-state index in [1.54, 1.807) is 13.3 Å². The Labute approximate surface area is 176 Å². The van der Waals surface area contributed by atoms with Gasteiger partial charge in [-0.2, -0.15) is 0 Å². The van der Waals surface area contributed by atoms with E-state index in [1.165, 1.54) is 23.1 Å². The van der Waals surface area contributed by atoms with E-state index < -0.39 is 5.60 Å². The van der Waals surface area contributed by atoms with Crippen molar-refractivity contribution in [2.45, 2.75) is 30.4 Å². The van der Waals surface area contributed by atoms with Crippen LogP contribution < -0.4 is 10.1 Å². The first-order valence-electron chi connectivity index (χ1n) is 9.36. The summed E-state index contributed by atoms with van der Waals surface area (Å²) in [5.41, 5.74) is -0.112. The van der Waals surface area contributed by atoms with Crippen molar-refractivity contribution in [2.24, 2.45) is 0 Å². The van der Waals surface area contributed by atoms with Crippen LogP contribution in [0.25, 0.3) is 10.9 Å². The largest absolute Gasteiger partial charge is 0.497 e. The molecule has 0 spiro atoms. The minimum Gasteiger partial charge on any atom is -0.497 e. The Hall–Kier alpha value is -2.07. The molecule has 7 nitrogen and oxygen atoms in total. The third-order valence-electron chi connectivity index (χ3n) is 4.93. The monoisotopic (exact) mass is 430 g/mol. The second-order valence-electron chi connectivity index (χ2n) is 6.98. The predicted octanol–water partition coefficient (Wildman–Crippen LogP) is 2.95. The number of hydrogen-bond donors (Lipinski definition) is 2. The number of methoxy groups -OCH3 is 1. The number of thioether (sulfide) groups is 1. The van der Waals surface area contributed by atoms with Gasteiger partial charge in [-0.05, 0) is 51.1 Å². The average molecular weight is 431 g/mol. The van der Waals surface area contributed by atoms with Gasteiger partial charge in [-0.1, -0.05) is 11.8 Å². The highest BCUT2D eigenvalue weighted by Gasteiger charge is 2.34. The molecule has 4 rings (SSSR count). The van der Waals surface area contributed by atoms with Crippen molar-refractivity contribution in [3.05, 3.63) is 40.1 Å². The summed E-state index contributed by atoms with van der Waals surface area (Å²) in [7, 11) is 1.62. The van der Waals surface area contributed by atoms with Gasteiger partial charge in [-0.15, -0.1) is 11.3 Å². The highest BCUT2D eigenvalue weighted by atomic mass is 32.2. The second kappa shape index (κ2) is 8.35. The SMILES string of the molecule is COc1ccc2nc(C)nc(SCC(=O)c3cnc(C4(O)CCNCC4)s3)c2c1. The molecule has 1 aromatic carbocycles. The van der Waals surface area contributed by atoms with Gasteiger partial charge in [0.2, 0.25) is 0 Å². The Morgan fingerprint density at radius 2 is 2.14 bits per heavy atom. The van der Waals surface area contributed by atoms with E-state index in [9.17, 15) is 9.90 Å². The molecule has 0 atom stereocenters. The van der Waals surface area contributed by atoms with Crippen molar-refractivity contribution < 1.29 is 14.6 Å². The average Bonchev–Trinajstić information content (AvgIpc) is 3.23. The molecule has 1 aliphatic rings. The highest BCUT2D eigenvalue weighted by Crippen LogP contribution is 2.34. The van der Waals surface area contributed by atoms with Crippen LogP contribution in [0.2, 0.25) is 0 Å². The number of aliphatic hydroxyl groups is 1. The standard InChI is InChI=1S/C20H22N4O3S2/c1-12-23-15-4-3-13(27-2)9-14(15)18(24-12)28-11-16(25)17-10-22-19(29-17)20(26)5-7-21-8-6-20/h3-4,9-10,21,26H,5-8,11H2,1-2H3. The van der Waals surface area contributed by atoms with Crippen molar-refractivity contribution in [1.29, 1.82) is 0 Å². The lowest BCUT2D eigenvalue weighted by molar-refractivity contribution is 0.00575. The highest BCUT2D eigenvalue weighted by molar-refractivity contribution is 8.00. The lowest BCUT2D eigenvalue weighted by Gasteiger charge is -2.30. The lowest BCUT2D eigenvalue weighted by Crippen LogP contribution is -2.39. The number of piperidine rings is 1. The minimum absolute atomic E-state index is 0.0244. The Morgan fingerprint density at radius 1 is 1.34 bits per heavy atom. The molecule has 1 saturated heterocycles. The van der Waals surface area contributed by atoms with Crippen LogP contribution in [0, 0.1) is 6.92 Å². The van der Waals surface area contributed by atoms with E-state index in [-0.39, 0.29) is 11.5 Å². The molecular weight excluding hydrogens is 408 g/mol. The summed E-state index contributed by atoms with van der Waals surface area (Å²) in [5.74, 6) is 1.60. The number of thiazole rings is 1. The van der Waals surface area contributed by atoms with Crippen LogP contribution in [-0.2, 0) is 5.60 Å². The van der Waals surface area contributed by atoms with Crippen LogP contribution in [0.4, 0.5) is 0 Å². The number of rotatable bonds is 6. The molecule has 0 aliphatic carbocycles. The fourth-order valence-corrected chi connectivity index (χ4v) is 5.33. The van der Waals surface area contributed by atoms with E-state index >= 15 is 0 Å². The summed E-state index contributed by atoms with van der Waals surface area (Å²) in [6.07, 6.45) is 2.79. The number of Topliss-reactive ketones (excluding diaryl/α,β-unsaturated/α-hetero) is 1. The van der Waals surface area contributed by atoms with Gasteiger partial charge in [-0.25, -0.2) is 15.0 Å². The van der Waals surface area contributed by atoms with Crippen LogP contribution in [0.3, 0.4) is 0 Å². The molecule has 3 aromatic rings. The maximum Gasteiger partial charge on any atom is 0.184 e. The zero-order valence-corrected chi connectivity index (χ0v) is 17.9. The van der Waals surface area contributed by atoms with Gasteiger partial charge in [0.15, 0.2) is 5.78 Å². The van der Waals surface area contributed by atoms with Crippen molar-refractivity contribution >= 4 is 39.8 Å². The first kappa shape index (κ1) is 20.2. The number of nitrogens with one attached hydrogen (secondary N) is 1. The van der Waals surface area contributed by atoms with Gasteiger partial charge in [0, 0.05) is 11.6 Å². The molecule has 29 heavy (non-hydrogen) atoms. The molecule has 152 valence electrons. The van der Waals surface area contributed by atoms with Crippen LogP contribution in [0.1, 0.15) is 33.3 Å². The molecule has 3 heterocycles. The zero-order chi connectivity index (χ0) is 20.4. The quantitative estimate of drug-likeness (QED) is 0.350. The van der Waals surface area contributed by atoms with Crippen molar-refractivity contribution in [3.63, 3.8) is 0 Å². The van der Waals surface area contributed by atoms with Crippen LogP contribution in [0.15, 0.2) is 29.4 Å². The Balaban J connectivity index is 1.52. The van der Waals surface area contributed by atoms with E-state index in [1.807, 2.05) is 25.1 Å². The number of aryl methyl sites for hydroxylation is 1. The summed E-state index contributed by atoms with van der Waals surface area (Å²) in [4.78, 5) is 26.6. The summed E-state index contributed by atoms with van der Waals surface area (Å²) in [6, 6.07) is 5.64. The third kappa shape index (κ3) is 4.28. The summed E-state index contributed by atoms with van der Waals surface area (Å²) in [5, 5.41) is 16.3. The number of fused-ring (bicyclic) bond motifs is 1. The molecule has 0 unspecified atom stereocenters. The number of aromatic nitrogens is 3. The number of benzene rings is 1. The van der Waals surface area contributed by atoms with E-state index in [4.69, 9.17) is 4.74 Å². The summed E-state index contributed by atoms with van der Waals surface area (Å²) < 4.78 is 5.31. The maximum absolute atomic E-state index is 12.8. The van der Waals surface area contributed by atoms with Gasteiger partial charge in [0.25, 0.3) is 0 Å². The Bertz CT molecular complexity index is 1050. The smallest absolute Gasteiger partial charge is 0.184 e. The van der Waals surface area contributed by atoms with Gasteiger partial charge >= 0.3 is 0 Å². The van der Waals surface area contributed by atoms with Crippen molar-refractivity contribution in [2.75, 3.05) is 26.0 Å². The van der Waals surface area contributed by atoms with Crippen molar-refractivity contribution in [3.8, 4) is 5.75 Å². The molecule has 0 radical (unpaired) electrons. The molecule has 0 amide bonds. The van der Waals surface area contributed by atoms with Gasteiger partial charge in [-0.3, -0.25) is 4.79 Å². The molecule has 0 saturated carbocycles. The fourth-order valence-electron chi connectivity index (χ4n) is 3.30. The van der Waals surface area contributed by atoms with Gasteiger partial charge < -0.3 is 15.2 Å². The molecule has 2 N–H and O–H groups in total. The number of nitrogens with zero attached hydrogens (tertiary/aromatic N) is 3. The van der Waals surface area contributed by atoms with Crippen LogP contribution in [0.5, 0.6) is 5.75 Å². The summed E-state index contributed by atoms with van der Waals surface area (Å²) in [6.45, 7) is 3.34. The third-order valence-corrected chi connectivity index (χ3v) is 7.15. The number of carbonyl (C=O) groups is 1. The zero-order valence-electron chi connectivity index (χ0n) is 16.3. The second-order valence-corrected chi connectivity index (χ2v) is 8.98. The first-order valence-corrected chi connectivity index (χ1v) is 11.2. The molecule has 1 aliphatic heterocycles. The van der Waals surface area contributed by atoms with Crippen molar-refractivity contribution in [1.82, 2.24) is 20.3 Å². The number of hydrogen-bond acceptors (Lipinski definition) is 9. The van der Waals surface area contributed by atoms with Gasteiger partial charge in [0.05, 0.1) is 23.3 Å².